The largest absolute Gasteiger partial charge is 0.350 e. The molecule has 1 aromatic heterocycles. The van der Waals surface area contributed by atoms with Gasteiger partial charge in [-0.25, -0.2) is 0 Å². The number of nitrogens with zero attached hydrogens (tertiary/aromatic N) is 1. The summed E-state index contributed by atoms with van der Waals surface area (Å²) < 4.78 is 1.16. The summed E-state index contributed by atoms with van der Waals surface area (Å²) >= 11 is 1.63. The van der Waals surface area contributed by atoms with Crippen molar-refractivity contribution < 1.29 is 4.79 Å². The molecule has 0 aliphatic carbocycles. The van der Waals surface area contributed by atoms with Crippen LogP contribution in [-0.4, -0.2) is 30.4 Å². The maximum Gasteiger partial charge on any atom is 0.252 e. The summed E-state index contributed by atoms with van der Waals surface area (Å²) in [5.74, 6) is 0.0255. The fourth-order valence-electron chi connectivity index (χ4n) is 3.62. The number of amides is 1. The number of thiophene rings is 1. The standard InChI is InChI=1S/C21H22N2OS/c24-21(18-15-25-20-11-5-4-10-17(18)20)22-14-19(23-12-6-7-13-23)16-8-2-1-3-9-16/h1-5,8-11,15,19H,6-7,12-14H2,(H,22,24). The van der Waals surface area contributed by atoms with Gasteiger partial charge in [0.2, 0.25) is 0 Å². The van der Waals surface area contributed by atoms with Crippen molar-refractivity contribution in [3.05, 3.63) is 71.1 Å². The van der Waals surface area contributed by atoms with Crippen LogP contribution in [-0.2, 0) is 0 Å². The summed E-state index contributed by atoms with van der Waals surface area (Å²) in [6, 6.07) is 18.9. The molecule has 0 radical (unpaired) electrons. The first-order valence-corrected chi connectivity index (χ1v) is 9.74. The smallest absolute Gasteiger partial charge is 0.252 e. The Morgan fingerprint density at radius 2 is 1.76 bits per heavy atom. The Hall–Kier alpha value is -2.17. The second-order valence-electron chi connectivity index (χ2n) is 6.53. The molecule has 128 valence electrons. The van der Waals surface area contributed by atoms with E-state index in [0.29, 0.717) is 6.54 Å². The van der Waals surface area contributed by atoms with Gasteiger partial charge in [0.1, 0.15) is 0 Å². The van der Waals surface area contributed by atoms with Crippen LogP contribution < -0.4 is 5.32 Å². The molecule has 1 aliphatic heterocycles. The summed E-state index contributed by atoms with van der Waals surface area (Å²) in [5, 5.41) is 6.19. The molecular formula is C21H22N2OS. The number of fused-ring (bicyclic) bond motifs is 1. The maximum absolute atomic E-state index is 12.7. The SMILES string of the molecule is O=C(NCC(c1ccccc1)N1CCCC1)c1csc2ccccc12. The van der Waals surface area contributed by atoms with E-state index in [0.717, 1.165) is 28.7 Å². The fraction of sp³-hybridized carbons (Fsp3) is 0.286. The van der Waals surface area contributed by atoms with Crippen LogP contribution >= 0.6 is 11.3 Å². The molecule has 1 N–H and O–H groups in total. The number of benzene rings is 2. The van der Waals surface area contributed by atoms with Crippen molar-refractivity contribution in [1.82, 2.24) is 10.2 Å². The van der Waals surface area contributed by atoms with Crippen molar-refractivity contribution in [2.75, 3.05) is 19.6 Å². The van der Waals surface area contributed by atoms with Crippen molar-refractivity contribution in [1.29, 1.82) is 0 Å². The first-order chi connectivity index (χ1) is 12.3. The number of carbonyl (C=O) groups excluding carboxylic acids is 1. The van der Waals surface area contributed by atoms with Crippen molar-refractivity contribution in [3.8, 4) is 0 Å². The Morgan fingerprint density at radius 1 is 1.04 bits per heavy atom. The molecule has 1 saturated heterocycles. The third kappa shape index (κ3) is 3.46. The zero-order chi connectivity index (χ0) is 17.1. The highest BCUT2D eigenvalue weighted by atomic mass is 32.1. The third-order valence-corrected chi connectivity index (χ3v) is 5.91. The molecule has 3 aromatic rings. The van der Waals surface area contributed by atoms with Crippen LogP contribution in [0.2, 0.25) is 0 Å². The predicted molar refractivity (Wildman–Crippen MR) is 104 cm³/mol. The van der Waals surface area contributed by atoms with E-state index in [-0.39, 0.29) is 11.9 Å². The molecule has 0 spiro atoms. The van der Waals surface area contributed by atoms with Gasteiger partial charge in [-0.2, -0.15) is 0 Å². The van der Waals surface area contributed by atoms with Crippen LogP contribution in [0.3, 0.4) is 0 Å². The van der Waals surface area contributed by atoms with Gasteiger partial charge in [-0.15, -0.1) is 11.3 Å². The number of nitrogens with one attached hydrogen (secondary N) is 1. The van der Waals surface area contributed by atoms with Crippen LogP contribution in [0.4, 0.5) is 0 Å². The highest BCUT2D eigenvalue weighted by molar-refractivity contribution is 7.17. The number of likely N-dealkylation sites (tertiary alicyclic amines) is 1. The lowest BCUT2D eigenvalue weighted by Gasteiger charge is -2.28. The van der Waals surface area contributed by atoms with Gasteiger partial charge < -0.3 is 5.32 Å². The molecule has 1 unspecified atom stereocenters. The lowest BCUT2D eigenvalue weighted by Crippen LogP contribution is -2.36. The maximum atomic E-state index is 12.7. The van der Waals surface area contributed by atoms with Crippen LogP contribution in [0.5, 0.6) is 0 Å². The summed E-state index contributed by atoms with van der Waals surface area (Å²) in [7, 11) is 0. The van der Waals surface area contributed by atoms with Gasteiger partial charge >= 0.3 is 0 Å². The molecule has 0 bridgehead atoms. The molecule has 0 saturated carbocycles. The molecule has 2 aromatic carbocycles. The van der Waals surface area contributed by atoms with Gasteiger partial charge in [-0.3, -0.25) is 9.69 Å². The molecule has 1 amide bonds. The number of rotatable bonds is 5. The lowest BCUT2D eigenvalue weighted by atomic mass is 10.1. The zero-order valence-corrected chi connectivity index (χ0v) is 15.0. The van der Waals surface area contributed by atoms with Crippen molar-refractivity contribution >= 4 is 27.3 Å². The Kier molecular flexibility index (Phi) is 4.81. The van der Waals surface area contributed by atoms with Crippen molar-refractivity contribution in [2.45, 2.75) is 18.9 Å². The number of carbonyl (C=O) groups is 1. The van der Waals surface area contributed by atoms with Crippen LogP contribution in [0.25, 0.3) is 10.1 Å². The highest BCUT2D eigenvalue weighted by Crippen LogP contribution is 2.27. The normalized spacial score (nSPS) is 16.2. The Bertz CT molecular complexity index is 852. The summed E-state index contributed by atoms with van der Waals surface area (Å²) in [6.07, 6.45) is 2.49. The zero-order valence-electron chi connectivity index (χ0n) is 14.2. The number of hydrogen-bond acceptors (Lipinski definition) is 3. The molecule has 1 fully saturated rings. The molecule has 4 rings (SSSR count). The molecular weight excluding hydrogens is 328 g/mol. The van der Waals surface area contributed by atoms with E-state index < -0.39 is 0 Å². The van der Waals surface area contributed by atoms with E-state index >= 15 is 0 Å². The van der Waals surface area contributed by atoms with E-state index in [1.165, 1.54) is 18.4 Å². The minimum Gasteiger partial charge on any atom is -0.350 e. The average Bonchev–Trinajstić information content (AvgIpc) is 3.32. The Balaban J connectivity index is 1.51. The van der Waals surface area contributed by atoms with E-state index in [1.807, 2.05) is 29.6 Å². The van der Waals surface area contributed by atoms with Crippen LogP contribution in [0.15, 0.2) is 60.0 Å². The van der Waals surface area contributed by atoms with Crippen molar-refractivity contribution in [3.63, 3.8) is 0 Å². The quantitative estimate of drug-likeness (QED) is 0.736. The molecule has 3 nitrogen and oxygen atoms in total. The summed E-state index contributed by atoms with van der Waals surface area (Å²) in [4.78, 5) is 15.2. The highest BCUT2D eigenvalue weighted by Gasteiger charge is 2.24. The summed E-state index contributed by atoms with van der Waals surface area (Å²) in [6.45, 7) is 2.86. The van der Waals surface area contributed by atoms with Crippen molar-refractivity contribution in [2.24, 2.45) is 0 Å². The van der Waals surface area contributed by atoms with Gasteiger partial charge in [0.25, 0.3) is 5.91 Å². The fourth-order valence-corrected chi connectivity index (χ4v) is 4.57. The van der Waals surface area contributed by atoms with E-state index in [2.05, 4.69) is 40.5 Å². The van der Waals surface area contributed by atoms with Gasteiger partial charge in [-0.05, 0) is 37.6 Å². The van der Waals surface area contributed by atoms with E-state index in [4.69, 9.17) is 0 Å². The topological polar surface area (TPSA) is 32.3 Å². The first kappa shape index (κ1) is 16.3. The van der Waals surface area contributed by atoms with Gasteiger partial charge in [0.15, 0.2) is 0 Å². The van der Waals surface area contributed by atoms with Crippen LogP contribution in [0, 0.1) is 0 Å². The van der Waals surface area contributed by atoms with Gasteiger partial charge in [0.05, 0.1) is 11.6 Å². The van der Waals surface area contributed by atoms with Crippen LogP contribution in [0.1, 0.15) is 34.8 Å². The number of hydrogen-bond donors (Lipinski definition) is 1. The van der Waals surface area contributed by atoms with Gasteiger partial charge in [0, 0.05) is 22.0 Å². The van der Waals surface area contributed by atoms with E-state index in [9.17, 15) is 4.79 Å². The average molecular weight is 350 g/mol. The first-order valence-electron chi connectivity index (χ1n) is 8.86. The minimum atomic E-state index is 0.0255. The molecule has 1 atom stereocenters. The second kappa shape index (κ2) is 7.38. The second-order valence-corrected chi connectivity index (χ2v) is 7.44. The minimum absolute atomic E-state index is 0.0255. The monoisotopic (exact) mass is 350 g/mol. The van der Waals surface area contributed by atoms with Gasteiger partial charge in [-0.1, -0.05) is 48.5 Å². The third-order valence-electron chi connectivity index (χ3n) is 4.95. The summed E-state index contributed by atoms with van der Waals surface area (Å²) in [5.41, 5.74) is 2.06. The Morgan fingerprint density at radius 3 is 2.56 bits per heavy atom. The Labute approximate surface area is 152 Å². The molecule has 2 heterocycles. The molecule has 25 heavy (non-hydrogen) atoms. The predicted octanol–water partition coefficient (Wildman–Crippen LogP) is 4.47. The van der Waals surface area contributed by atoms with E-state index in [1.54, 1.807) is 11.3 Å². The lowest BCUT2D eigenvalue weighted by molar-refractivity contribution is 0.0940. The molecule has 4 heteroatoms. The molecule has 1 aliphatic rings.